The molecular formula is C26H32N6O3. The lowest BCUT2D eigenvalue weighted by atomic mass is 10.1. The van der Waals surface area contributed by atoms with Crippen LogP contribution in [0.4, 0.5) is 0 Å². The number of fused-ring (bicyclic) bond motifs is 1. The normalized spacial score (nSPS) is 12.4. The highest BCUT2D eigenvalue weighted by atomic mass is 16.5. The minimum atomic E-state index is -0.106. The van der Waals surface area contributed by atoms with Gasteiger partial charge in [-0.05, 0) is 53.6 Å². The number of hydrogen-bond donors (Lipinski definition) is 1. The van der Waals surface area contributed by atoms with Crippen LogP contribution in [0.25, 0.3) is 10.9 Å². The van der Waals surface area contributed by atoms with Gasteiger partial charge in [-0.15, -0.1) is 5.10 Å². The summed E-state index contributed by atoms with van der Waals surface area (Å²) in [5.41, 5.74) is 3.71. The molecule has 0 aliphatic rings. The van der Waals surface area contributed by atoms with Crippen molar-refractivity contribution in [2.45, 2.75) is 45.9 Å². The third kappa shape index (κ3) is 5.75. The zero-order valence-electron chi connectivity index (χ0n) is 20.7. The van der Waals surface area contributed by atoms with Crippen molar-refractivity contribution in [1.82, 2.24) is 30.1 Å². The Labute approximate surface area is 204 Å². The second-order valence-electron chi connectivity index (χ2n) is 8.64. The van der Waals surface area contributed by atoms with Gasteiger partial charge >= 0.3 is 0 Å². The van der Waals surface area contributed by atoms with Crippen LogP contribution in [0.15, 0.2) is 53.3 Å². The van der Waals surface area contributed by atoms with Crippen LogP contribution in [-0.4, -0.2) is 50.9 Å². The maximum atomic E-state index is 13.1. The van der Waals surface area contributed by atoms with E-state index in [1.165, 1.54) is 5.56 Å². The Balaban J connectivity index is 1.73. The number of tetrazole rings is 1. The Morgan fingerprint density at radius 2 is 1.89 bits per heavy atom. The number of aromatic amines is 1. The molecule has 9 nitrogen and oxygen atoms in total. The average Bonchev–Trinajstić information content (AvgIpc) is 3.32. The van der Waals surface area contributed by atoms with Crippen molar-refractivity contribution in [1.29, 1.82) is 0 Å². The van der Waals surface area contributed by atoms with Gasteiger partial charge in [0.2, 0.25) is 0 Å². The van der Waals surface area contributed by atoms with Crippen molar-refractivity contribution in [3.05, 3.63) is 81.4 Å². The van der Waals surface area contributed by atoms with Crippen LogP contribution in [-0.2, 0) is 24.4 Å². The Morgan fingerprint density at radius 3 is 2.60 bits per heavy atom. The SMILES string of the molecule is CC[C@@H](c1nnnn1CCOC)N(Cc1ccc(C)cc1)Cc1cc2cc(OC)ccc2[nH]c1=O. The van der Waals surface area contributed by atoms with E-state index in [0.717, 1.165) is 34.5 Å². The van der Waals surface area contributed by atoms with Gasteiger partial charge in [-0.2, -0.15) is 0 Å². The summed E-state index contributed by atoms with van der Waals surface area (Å²) in [7, 11) is 3.29. The molecule has 184 valence electrons. The molecule has 0 bridgehead atoms. The molecule has 0 saturated carbocycles. The second-order valence-corrected chi connectivity index (χ2v) is 8.64. The summed E-state index contributed by atoms with van der Waals surface area (Å²) >= 11 is 0. The van der Waals surface area contributed by atoms with E-state index in [2.05, 4.69) is 63.5 Å². The molecule has 0 saturated heterocycles. The zero-order valence-corrected chi connectivity index (χ0v) is 20.7. The van der Waals surface area contributed by atoms with Crippen molar-refractivity contribution in [2.75, 3.05) is 20.8 Å². The maximum Gasteiger partial charge on any atom is 0.252 e. The van der Waals surface area contributed by atoms with E-state index in [1.807, 2.05) is 24.3 Å². The Hall–Kier alpha value is -3.56. The Bertz CT molecular complexity index is 1310. The number of rotatable bonds is 11. The van der Waals surface area contributed by atoms with Gasteiger partial charge in [-0.3, -0.25) is 9.69 Å². The summed E-state index contributed by atoms with van der Waals surface area (Å²) in [5.74, 6) is 1.51. The number of aromatic nitrogens is 5. The van der Waals surface area contributed by atoms with Gasteiger partial charge in [0.05, 0.1) is 26.3 Å². The lowest BCUT2D eigenvalue weighted by Gasteiger charge is -2.30. The molecule has 1 atom stereocenters. The number of ether oxygens (including phenoxy) is 2. The summed E-state index contributed by atoms with van der Waals surface area (Å²) in [6.07, 6.45) is 0.776. The smallest absolute Gasteiger partial charge is 0.252 e. The average molecular weight is 477 g/mol. The molecule has 35 heavy (non-hydrogen) atoms. The lowest BCUT2D eigenvalue weighted by molar-refractivity contribution is 0.151. The molecule has 2 heterocycles. The molecule has 0 aliphatic heterocycles. The van der Waals surface area contributed by atoms with Gasteiger partial charge in [-0.25, -0.2) is 4.68 Å². The van der Waals surface area contributed by atoms with E-state index < -0.39 is 0 Å². The van der Waals surface area contributed by atoms with Crippen LogP contribution >= 0.6 is 0 Å². The Kier molecular flexibility index (Phi) is 7.89. The maximum absolute atomic E-state index is 13.1. The third-order valence-corrected chi connectivity index (χ3v) is 6.20. The minimum Gasteiger partial charge on any atom is -0.497 e. The zero-order chi connectivity index (χ0) is 24.8. The molecule has 2 aromatic heterocycles. The van der Waals surface area contributed by atoms with Crippen molar-refractivity contribution < 1.29 is 9.47 Å². The number of H-pyrrole nitrogens is 1. The second kappa shape index (κ2) is 11.2. The van der Waals surface area contributed by atoms with Gasteiger partial charge in [0, 0.05) is 36.7 Å². The number of benzene rings is 2. The van der Waals surface area contributed by atoms with E-state index >= 15 is 0 Å². The first-order chi connectivity index (χ1) is 17.0. The molecule has 0 amide bonds. The lowest BCUT2D eigenvalue weighted by Crippen LogP contribution is -2.32. The molecular weight excluding hydrogens is 444 g/mol. The first-order valence-electron chi connectivity index (χ1n) is 11.8. The summed E-state index contributed by atoms with van der Waals surface area (Å²) in [6.45, 7) is 6.33. The van der Waals surface area contributed by atoms with Gasteiger partial charge in [0.25, 0.3) is 5.56 Å². The predicted molar refractivity (Wildman–Crippen MR) is 134 cm³/mol. The van der Waals surface area contributed by atoms with Gasteiger partial charge in [0.1, 0.15) is 5.75 Å². The van der Waals surface area contributed by atoms with E-state index in [-0.39, 0.29) is 11.6 Å². The molecule has 0 spiro atoms. The quantitative estimate of drug-likeness (QED) is 0.353. The predicted octanol–water partition coefficient (Wildman–Crippen LogP) is 3.63. The molecule has 2 aromatic carbocycles. The molecule has 0 aliphatic carbocycles. The molecule has 1 N–H and O–H groups in total. The van der Waals surface area contributed by atoms with Crippen molar-refractivity contribution >= 4 is 10.9 Å². The third-order valence-electron chi connectivity index (χ3n) is 6.20. The standard InChI is InChI=1S/C26H32N6O3/c1-5-24(25-28-29-30-32(25)12-13-34-3)31(16-19-8-6-18(2)7-9-19)17-21-14-20-15-22(35-4)10-11-23(20)27-26(21)33/h6-11,14-15,24H,5,12-13,16-17H2,1-4H3,(H,27,33)/t24-/m0/s1. The summed E-state index contributed by atoms with van der Waals surface area (Å²) in [5, 5.41) is 13.4. The monoisotopic (exact) mass is 476 g/mol. The van der Waals surface area contributed by atoms with Gasteiger partial charge in [-0.1, -0.05) is 36.8 Å². The molecule has 4 aromatic rings. The number of nitrogens with one attached hydrogen (secondary N) is 1. The number of aryl methyl sites for hydroxylation is 1. The number of methoxy groups -OCH3 is 2. The summed E-state index contributed by atoms with van der Waals surface area (Å²) in [4.78, 5) is 18.3. The number of nitrogens with zero attached hydrogens (tertiary/aromatic N) is 5. The van der Waals surface area contributed by atoms with Crippen LogP contribution < -0.4 is 10.3 Å². The fraction of sp³-hybridized carbons (Fsp3) is 0.385. The van der Waals surface area contributed by atoms with Crippen LogP contribution in [0.1, 0.15) is 41.9 Å². The molecule has 9 heteroatoms. The molecule has 0 radical (unpaired) electrons. The highest BCUT2D eigenvalue weighted by Crippen LogP contribution is 2.27. The van der Waals surface area contributed by atoms with E-state index in [4.69, 9.17) is 9.47 Å². The topological polar surface area (TPSA) is 98.2 Å². The van der Waals surface area contributed by atoms with Gasteiger partial charge in [0.15, 0.2) is 5.82 Å². The summed E-state index contributed by atoms with van der Waals surface area (Å²) in [6, 6.07) is 15.9. The van der Waals surface area contributed by atoms with Crippen LogP contribution in [0.5, 0.6) is 5.75 Å². The largest absolute Gasteiger partial charge is 0.497 e. The first kappa shape index (κ1) is 24.6. The number of pyridine rings is 1. The van der Waals surface area contributed by atoms with E-state index in [0.29, 0.717) is 31.8 Å². The fourth-order valence-electron chi connectivity index (χ4n) is 4.29. The molecule has 0 unspecified atom stereocenters. The minimum absolute atomic E-state index is 0.0939. The summed E-state index contributed by atoms with van der Waals surface area (Å²) < 4.78 is 12.4. The Morgan fingerprint density at radius 1 is 1.09 bits per heavy atom. The first-order valence-corrected chi connectivity index (χ1v) is 11.8. The van der Waals surface area contributed by atoms with Gasteiger partial charge < -0.3 is 14.5 Å². The van der Waals surface area contributed by atoms with Crippen molar-refractivity contribution in [3.8, 4) is 5.75 Å². The van der Waals surface area contributed by atoms with Crippen LogP contribution in [0.3, 0.4) is 0 Å². The highest BCUT2D eigenvalue weighted by Gasteiger charge is 2.26. The van der Waals surface area contributed by atoms with E-state index in [1.54, 1.807) is 18.9 Å². The van der Waals surface area contributed by atoms with Crippen LogP contribution in [0.2, 0.25) is 0 Å². The highest BCUT2D eigenvalue weighted by molar-refractivity contribution is 5.80. The fourth-order valence-corrected chi connectivity index (χ4v) is 4.29. The van der Waals surface area contributed by atoms with Crippen molar-refractivity contribution in [2.24, 2.45) is 0 Å². The number of hydrogen-bond acceptors (Lipinski definition) is 7. The van der Waals surface area contributed by atoms with E-state index in [9.17, 15) is 4.79 Å². The van der Waals surface area contributed by atoms with Crippen molar-refractivity contribution in [3.63, 3.8) is 0 Å². The molecule has 4 rings (SSSR count). The van der Waals surface area contributed by atoms with Crippen LogP contribution in [0, 0.1) is 6.92 Å². The molecule has 0 fully saturated rings.